The van der Waals surface area contributed by atoms with Gasteiger partial charge in [-0.1, -0.05) is 0 Å². The lowest BCUT2D eigenvalue weighted by Gasteiger charge is -2.35. The van der Waals surface area contributed by atoms with Crippen molar-refractivity contribution in [2.24, 2.45) is 0 Å². The van der Waals surface area contributed by atoms with E-state index >= 15 is 0 Å². The fourth-order valence-electron chi connectivity index (χ4n) is 3.00. The molecule has 9 nitrogen and oxygen atoms in total. The summed E-state index contributed by atoms with van der Waals surface area (Å²) in [6.07, 6.45) is 0. The van der Waals surface area contributed by atoms with Gasteiger partial charge in [-0.15, -0.1) is 0 Å². The standard InChI is InChI=1S/C17H26N4O5S/c1-13(16(22)18-17(2,3)4)19-9-11-20(12-10-19)27(25,26)15-7-5-14(6-8-15)21(23)24/h5-8,13H,9-12H2,1-4H3,(H,18,22)/p+1/t13-/m1/s1. The number of rotatable bonds is 5. The normalized spacial score (nSPS) is 18.1. The number of nitrogens with one attached hydrogen (secondary N) is 2. The third kappa shape index (κ3) is 5.24. The first kappa shape index (κ1) is 21.3. The molecule has 2 N–H and O–H groups in total. The van der Waals surface area contributed by atoms with E-state index in [9.17, 15) is 23.3 Å². The Bertz CT molecular complexity index is 794. The lowest BCUT2D eigenvalue weighted by molar-refractivity contribution is -0.917. The summed E-state index contributed by atoms with van der Waals surface area (Å²) in [6.45, 7) is 9.22. The predicted molar refractivity (Wildman–Crippen MR) is 99.9 cm³/mol. The van der Waals surface area contributed by atoms with E-state index in [0.29, 0.717) is 26.2 Å². The molecule has 0 aromatic heterocycles. The number of nitro benzene ring substituents is 1. The van der Waals surface area contributed by atoms with Crippen LogP contribution in [0.4, 0.5) is 5.69 Å². The highest BCUT2D eigenvalue weighted by molar-refractivity contribution is 7.89. The van der Waals surface area contributed by atoms with Gasteiger partial charge in [-0.3, -0.25) is 14.9 Å². The van der Waals surface area contributed by atoms with E-state index in [1.54, 1.807) is 0 Å². The molecular formula is C17H27N4O5S+. The molecule has 1 heterocycles. The molecular weight excluding hydrogens is 372 g/mol. The average Bonchev–Trinajstić information content (AvgIpc) is 2.59. The molecule has 1 saturated heterocycles. The van der Waals surface area contributed by atoms with Crippen LogP contribution >= 0.6 is 0 Å². The van der Waals surface area contributed by atoms with Crippen molar-refractivity contribution in [3.05, 3.63) is 34.4 Å². The van der Waals surface area contributed by atoms with E-state index in [0.717, 1.165) is 4.90 Å². The molecule has 0 spiro atoms. The Morgan fingerprint density at radius 3 is 2.19 bits per heavy atom. The van der Waals surface area contributed by atoms with E-state index in [1.165, 1.54) is 28.6 Å². The summed E-state index contributed by atoms with van der Waals surface area (Å²) in [7, 11) is -3.71. The minimum absolute atomic E-state index is 0.0371. The number of non-ortho nitro benzene ring substituents is 1. The monoisotopic (exact) mass is 399 g/mol. The Balaban J connectivity index is 2.01. The van der Waals surface area contributed by atoms with Gasteiger partial charge in [0.25, 0.3) is 11.6 Å². The SMILES string of the molecule is C[C@H](C(=O)NC(C)(C)C)[NH+]1CCN(S(=O)(=O)c2ccc([N+](=O)[O-])cc2)CC1. The highest BCUT2D eigenvalue weighted by atomic mass is 32.2. The quantitative estimate of drug-likeness (QED) is 0.525. The third-order valence-electron chi connectivity index (χ3n) is 4.55. The number of amides is 1. The van der Waals surface area contributed by atoms with E-state index in [2.05, 4.69) is 5.32 Å². The van der Waals surface area contributed by atoms with Gasteiger partial charge in [-0.2, -0.15) is 4.31 Å². The first-order valence-corrected chi connectivity index (χ1v) is 10.3. The van der Waals surface area contributed by atoms with Crippen molar-refractivity contribution in [2.45, 2.75) is 44.2 Å². The number of benzene rings is 1. The number of piperazine rings is 1. The topological polar surface area (TPSA) is 114 Å². The molecule has 27 heavy (non-hydrogen) atoms. The molecule has 1 amide bonds. The zero-order valence-corrected chi connectivity index (χ0v) is 16.9. The van der Waals surface area contributed by atoms with Crippen molar-refractivity contribution in [3.63, 3.8) is 0 Å². The second kappa shape index (κ2) is 7.91. The molecule has 0 unspecified atom stereocenters. The van der Waals surface area contributed by atoms with Crippen molar-refractivity contribution >= 4 is 21.6 Å². The van der Waals surface area contributed by atoms with Gasteiger partial charge in [0.2, 0.25) is 10.0 Å². The van der Waals surface area contributed by atoms with E-state index in [1.807, 2.05) is 27.7 Å². The summed E-state index contributed by atoms with van der Waals surface area (Å²) in [5, 5.41) is 13.7. The van der Waals surface area contributed by atoms with Crippen LogP contribution in [0.3, 0.4) is 0 Å². The smallest absolute Gasteiger partial charge is 0.278 e. The number of nitro groups is 1. The van der Waals surface area contributed by atoms with Crippen LogP contribution in [0.25, 0.3) is 0 Å². The molecule has 2 rings (SSSR count). The van der Waals surface area contributed by atoms with Gasteiger partial charge in [-0.25, -0.2) is 8.42 Å². The van der Waals surface area contributed by atoms with Crippen LogP contribution in [0.2, 0.25) is 0 Å². The Kier molecular flexibility index (Phi) is 6.23. The van der Waals surface area contributed by atoms with Gasteiger partial charge in [-0.05, 0) is 39.8 Å². The zero-order chi connectivity index (χ0) is 20.4. The molecule has 1 aliphatic rings. The number of carbonyl (C=O) groups excluding carboxylic acids is 1. The Labute approximate surface area is 159 Å². The molecule has 0 bridgehead atoms. The second-order valence-electron chi connectivity index (χ2n) is 7.77. The number of sulfonamides is 1. The summed E-state index contributed by atoms with van der Waals surface area (Å²) < 4.78 is 26.8. The molecule has 1 aliphatic heterocycles. The second-order valence-corrected chi connectivity index (χ2v) is 9.71. The summed E-state index contributed by atoms with van der Waals surface area (Å²) in [5.41, 5.74) is -0.465. The highest BCUT2D eigenvalue weighted by Gasteiger charge is 2.35. The average molecular weight is 399 g/mol. The summed E-state index contributed by atoms with van der Waals surface area (Å²) in [6, 6.07) is 4.62. The van der Waals surface area contributed by atoms with Gasteiger partial charge >= 0.3 is 0 Å². The third-order valence-corrected chi connectivity index (χ3v) is 6.47. The van der Waals surface area contributed by atoms with Crippen LogP contribution in [-0.2, 0) is 14.8 Å². The highest BCUT2D eigenvalue weighted by Crippen LogP contribution is 2.19. The molecule has 0 radical (unpaired) electrons. The van der Waals surface area contributed by atoms with Crippen molar-refractivity contribution in [3.8, 4) is 0 Å². The van der Waals surface area contributed by atoms with Gasteiger partial charge in [0, 0.05) is 17.7 Å². The maximum atomic E-state index is 12.7. The fourth-order valence-corrected chi connectivity index (χ4v) is 4.44. The van der Waals surface area contributed by atoms with Crippen LogP contribution in [0.1, 0.15) is 27.7 Å². The largest absolute Gasteiger partial charge is 0.346 e. The Hall–Kier alpha value is -2.04. The molecule has 150 valence electrons. The van der Waals surface area contributed by atoms with Crippen molar-refractivity contribution in [1.82, 2.24) is 9.62 Å². The first-order chi connectivity index (χ1) is 12.4. The predicted octanol–water partition coefficient (Wildman–Crippen LogP) is -0.213. The van der Waals surface area contributed by atoms with Crippen LogP contribution in [0.15, 0.2) is 29.2 Å². The minimum Gasteiger partial charge on any atom is -0.346 e. The molecule has 10 heteroatoms. The van der Waals surface area contributed by atoms with E-state index < -0.39 is 14.9 Å². The van der Waals surface area contributed by atoms with Crippen LogP contribution in [0, 0.1) is 10.1 Å². The molecule has 1 aromatic carbocycles. The van der Waals surface area contributed by atoms with Gasteiger partial charge < -0.3 is 10.2 Å². The fraction of sp³-hybridized carbons (Fsp3) is 0.588. The van der Waals surface area contributed by atoms with Crippen LogP contribution in [-0.4, -0.2) is 61.3 Å². The molecule has 1 aromatic rings. The van der Waals surface area contributed by atoms with Crippen molar-refractivity contribution < 1.29 is 23.0 Å². The molecule has 1 fully saturated rings. The van der Waals surface area contributed by atoms with E-state index in [4.69, 9.17) is 0 Å². The summed E-state index contributed by atoms with van der Waals surface area (Å²) in [5.74, 6) is -0.0517. The Morgan fingerprint density at radius 2 is 1.74 bits per heavy atom. The van der Waals surface area contributed by atoms with Gasteiger partial charge in [0.05, 0.1) is 36.0 Å². The van der Waals surface area contributed by atoms with Gasteiger partial charge in [0.1, 0.15) is 0 Å². The number of nitrogens with zero attached hydrogens (tertiary/aromatic N) is 2. The zero-order valence-electron chi connectivity index (χ0n) is 16.1. The van der Waals surface area contributed by atoms with E-state index in [-0.39, 0.29) is 28.1 Å². The maximum Gasteiger partial charge on any atom is 0.278 e. The van der Waals surface area contributed by atoms with Crippen LogP contribution in [0.5, 0.6) is 0 Å². The first-order valence-electron chi connectivity index (χ1n) is 8.83. The molecule has 1 atom stereocenters. The van der Waals surface area contributed by atoms with Crippen molar-refractivity contribution in [2.75, 3.05) is 26.2 Å². The molecule has 0 aliphatic carbocycles. The Morgan fingerprint density at radius 1 is 1.22 bits per heavy atom. The number of hydrogen-bond donors (Lipinski definition) is 2. The number of hydrogen-bond acceptors (Lipinski definition) is 5. The molecule has 0 saturated carbocycles. The van der Waals surface area contributed by atoms with Crippen molar-refractivity contribution in [1.29, 1.82) is 0 Å². The lowest BCUT2D eigenvalue weighted by Crippen LogP contribution is -3.19. The number of quaternary nitrogens is 1. The maximum absolute atomic E-state index is 12.7. The minimum atomic E-state index is -3.71. The number of carbonyl (C=O) groups is 1. The summed E-state index contributed by atoms with van der Waals surface area (Å²) >= 11 is 0. The lowest BCUT2D eigenvalue weighted by atomic mass is 10.1. The summed E-state index contributed by atoms with van der Waals surface area (Å²) in [4.78, 5) is 23.5. The van der Waals surface area contributed by atoms with Gasteiger partial charge in [0.15, 0.2) is 6.04 Å². The van der Waals surface area contributed by atoms with Crippen LogP contribution < -0.4 is 10.2 Å².